The van der Waals surface area contributed by atoms with Crippen molar-refractivity contribution in [2.75, 3.05) is 32.7 Å². The van der Waals surface area contributed by atoms with Gasteiger partial charge in [0.05, 0.1) is 6.20 Å². The van der Waals surface area contributed by atoms with Crippen molar-refractivity contribution in [1.82, 2.24) is 20.0 Å². The smallest absolute Gasteiger partial charge is 0.0522 e. The molecule has 0 bridgehead atoms. The van der Waals surface area contributed by atoms with Crippen LogP contribution < -0.4 is 5.32 Å². The molecule has 1 aromatic rings. The highest BCUT2D eigenvalue weighted by Crippen LogP contribution is 2.35. The summed E-state index contributed by atoms with van der Waals surface area (Å²) in [5.41, 5.74) is 1.94. The van der Waals surface area contributed by atoms with E-state index in [0.717, 1.165) is 6.42 Å². The van der Waals surface area contributed by atoms with E-state index >= 15 is 0 Å². The molecular formula is C15H26N4. The van der Waals surface area contributed by atoms with Gasteiger partial charge in [-0.3, -0.25) is 4.68 Å². The Labute approximate surface area is 116 Å². The molecule has 1 spiro atoms. The standard InChI is InChI=1S/C15H26N4/c1-18-11-14(10-17-18)4-9-19-8-3-6-15(13-19)5-2-7-16-12-15/h10-11,16H,2-9,12-13H2,1H3. The first-order chi connectivity index (χ1) is 9.26. The average Bonchev–Trinajstić information content (AvgIpc) is 2.83. The maximum absolute atomic E-state index is 4.25. The topological polar surface area (TPSA) is 33.1 Å². The molecule has 1 atom stereocenters. The van der Waals surface area contributed by atoms with Gasteiger partial charge in [0.15, 0.2) is 0 Å². The first-order valence-electron chi connectivity index (χ1n) is 7.66. The van der Waals surface area contributed by atoms with Gasteiger partial charge in [-0.25, -0.2) is 0 Å². The molecular weight excluding hydrogens is 236 g/mol. The molecule has 2 aliphatic heterocycles. The van der Waals surface area contributed by atoms with Crippen LogP contribution >= 0.6 is 0 Å². The van der Waals surface area contributed by atoms with Crippen molar-refractivity contribution < 1.29 is 0 Å². The summed E-state index contributed by atoms with van der Waals surface area (Å²) in [6.45, 7) is 6.21. The van der Waals surface area contributed by atoms with E-state index in [1.807, 2.05) is 17.9 Å². The Hall–Kier alpha value is -0.870. The Morgan fingerprint density at radius 2 is 2.26 bits per heavy atom. The highest BCUT2D eigenvalue weighted by Gasteiger charge is 2.36. The molecule has 0 radical (unpaired) electrons. The number of likely N-dealkylation sites (tertiary alicyclic amines) is 1. The third-order valence-electron chi connectivity index (χ3n) is 4.78. The lowest BCUT2D eigenvalue weighted by Gasteiger charge is -2.45. The fourth-order valence-electron chi connectivity index (χ4n) is 3.77. The summed E-state index contributed by atoms with van der Waals surface area (Å²) in [5.74, 6) is 0. The lowest BCUT2D eigenvalue weighted by Crippen LogP contribution is -2.51. The molecule has 4 nitrogen and oxygen atoms in total. The Balaban J connectivity index is 1.53. The monoisotopic (exact) mass is 262 g/mol. The number of aromatic nitrogens is 2. The van der Waals surface area contributed by atoms with Crippen LogP contribution in [-0.4, -0.2) is 47.4 Å². The zero-order valence-corrected chi connectivity index (χ0v) is 12.1. The van der Waals surface area contributed by atoms with Gasteiger partial charge >= 0.3 is 0 Å². The Morgan fingerprint density at radius 3 is 3.00 bits per heavy atom. The minimum Gasteiger partial charge on any atom is -0.316 e. The molecule has 19 heavy (non-hydrogen) atoms. The van der Waals surface area contributed by atoms with Crippen LogP contribution in [0.25, 0.3) is 0 Å². The molecule has 1 aromatic heterocycles. The molecule has 106 valence electrons. The summed E-state index contributed by atoms with van der Waals surface area (Å²) in [6, 6.07) is 0. The van der Waals surface area contributed by atoms with Crippen molar-refractivity contribution in [3.63, 3.8) is 0 Å². The predicted octanol–water partition coefficient (Wildman–Crippen LogP) is 1.43. The first kappa shape index (κ1) is 13.1. The van der Waals surface area contributed by atoms with Gasteiger partial charge in [0.25, 0.3) is 0 Å². The molecule has 1 unspecified atom stereocenters. The van der Waals surface area contributed by atoms with Crippen molar-refractivity contribution >= 4 is 0 Å². The van der Waals surface area contributed by atoms with Crippen LogP contribution in [0.3, 0.4) is 0 Å². The average molecular weight is 262 g/mol. The lowest BCUT2D eigenvalue weighted by molar-refractivity contribution is 0.0654. The molecule has 0 aromatic carbocycles. The quantitative estimate of drug-likeness (QED) is 0.894. The second-order valence-electron chi connectivity index (χ2n) is 6.43. The molecule has 2 fully saturated rings. The van der Waals surface area contributed by atoms with Gasteiger partial charge in [-0.1, -0.05) is 0 Å². The fraction of sp³-hybridized carbons (Fsp3) is 0.800. The normalized spacial score (nSPS) is 28.9. The number of hydrogen-bond donors (Lipinski definition) is 1. The number of piperidine rings is 2. The Morgan fingerprint density at radius 1 is 1.37 bits per heavy atom. The maximum Gasteiger partial charge on any atom is 0.0522 e. The van der Waals surface area contributed by atoms with Crippen LogP contribution in [0.5, 0.6) is 0 Å². The number of rotatable bonds is 3. The number of hydrogen-bond acceptors (Lipinski definition) is 3. The van der Waals surface area contributed by atoms with Crippen molar-refractivity contribution in [1.29, 1.82) is 0 Å². The van der Waals surface area contributed by atoms with Crippen LogP contribution in [0.15, 0.2) is 12.4 Å². The molecule has 0 aliphatic carbocycles. The van der Waals surface area contributed by atoms with Gasteiger partial charge in [0.2, 0.25) is 0 Å². The Kier molecular flexibility index (Phi) is 3.89. The maximum atomic E-state index is 4.25. The summed E-state index contributed by atoms with van der Waals surface area (Å²) in [4.78, 5) is 2.67. The van der Waals surface area contributed by atoms with Gasteiger partial charge in [-0.2, -0.15) is 5.10 Å². The number of nitrogens with one attached hydrogen (secondary N) is 1. The van der Waals surface area contributed by atoms with Gasteiger partial charge in [0, 0.05) is 32.9 Å². The summed E-state index contributed by atoms with van der Waals surface area (Å²) < 4.78 is 1.90. The fourth-order valence-corrected chi connectivity index (χ4v) is 3.77. The molecule has 3 rings (SSSR count). The number of nitrogens with zero attached hydrogens (tertiary/aromatic N) is 3. The molecule has 0 saturated carbocycles. The Bertz CT molecular complexity index is 401. The lowest BCUT2D eigenvalue weighted by atomic mass is 9.74. The van der Waals surface area contributed by atoms with Crippen molar-refractivity contribution in [3.8, 4) is 0 Å². The van der Waals surface area contributed by atoms with Gasteiger partial charge in [-0.05, 0) is 56.2 Å². The van der Waals surface area contributed by atoms with Crippen LogP contribution in [0.2, 0.25) is 0 Å². The van der Waals surface area contributed by atoms with Crippen LogP contribution in [0, 0.1) is 5.41 Å². The highest BCUT2D eigenvalue weighted by atomic mass is 15.2. The molecule has 3 heterocycles. The van der Waals surface area contributed by atoms with Gasteiger partial charge < -0.3 is 10.2 Å². The first-order valence-corrected chi connectivity index (χ1v) is 7.66. The third-order valence-corrected chi connectivity index (χ3v) is 4.78. The summed E-state index contributed by atoms with van der Waals surface area (Å²) in [7, 11) is 1.99. The van der Waals surface area contributed by atoms with E-state index in [0.29, 0.717) is 5.41 Å². The van der Waals surface area contributed by atoms with E-state index in [9.17, 15) is 0 Å². The van der Waals surface area contributed by atoms with Gasteiger partial charge in [-0.15, -0.1) is 0 Å². The molecule has 4 heteroatoms. The van der Waals surface area contributed by atoms with E-state index in [1.54, 1.807) is 0 Å². The number of aryl methyl sites for hydroxylation is 1. The van der Waals surface area contributed by atoms with Crippen LogP contribution in [-0.2, 0) is 13.5 Å². The largest absolute Gasteiger partial charge is 0.316 e. The van der Waals surface area contributed by atoms with Crippen molar-refractivity contribution in [3.05, 3.63) is 18.0 Å². The predicted molar refractivity (Wildman–Crippen MR) is 77.1 cm³/mol. The summed E-state index contributed by atoms with van der Waals surface area (Å²) in [6.07, 6.45) is 10.8. The molecule has 2 aliphatic rings. The van der Waals surface area contributed by atoms with E-state index in [-0.39, 0.29) is 0 Å². The summed E-state index contributed by atoms with van der Waals surface area (Å²) >= 11 is 0. The molecule has 2 saturated heterocycles. The van der Waals surface area contributed by atoms with E-state index in [2.05, 4.69) is 21.5 Å². The third kappa shape index (κ3) is 3.18. The SMILES string of the molecule is Cn1cc(CCN2CCCC3(CCCNC3)C2)cn1. The van der Waals surface area contributed by atoms with Gasteiger partial charge in [0.1, 0.15) is 0 Å². The van der Waals surface area contributed by atoms with E-state index < -0.39 is 0 Å². The molecule has 0 amide bonds. The van der Waals surface area contributed by atoms with Crippen LogP contribution in [0.1, 0.15) is 31.2 Å². The van der Waals surface area contributed by atoms with E-state index in [1.165, 1.54) is 64.0 Å². The van der Waals surface area contributed by atoms with Crippen LogP contribution in [0.4, 0.5) is 0 Å². The molecule has 1 N–H and O–H groups in total. The minimum absolute atomic E-state index is 0.575. The van der Waals surface area contributed by atoms with Crippen molar-refractivity contribution in [2.45, 2.75) is 32.1 Å². The minimum atomic E-state index is 0.575. The zero-order valence-electron chi connectivity index (χ0n) is 12.1. The zero-order chi connectivity index (χ0) is 13.1. The summed E-state index contributed by atoms with van der Waals surface area (Å²) in [5, 5.41) is 7.85. The highest BCUT2D eigenvalue weighted by molar-refractivity contribution is 5.04. The second kappa shape index (κ2) is 5.63. The van der Waals surface area contributed by atoms with Crippen molar-refractivity contribution in [2.24, 2.45) is 12.5 Å². The second-order valence-corrected chi connectivity index (χ2v) is 6.43. The van der Waals surface area contributed by atoms with E-state index in [4.69, 9.17) is 0 Å².